The Kier molecular flexibility index (Phi) is 6.45. The lowest BCUT2D eigenvalue weighted by Gasteiger charge is -2.10. The number of halogens is 2. The van der Waals surface area contributed by atoms with E-state index in [1.54, 1.807) is 12.1 Å². The lowest BCUT2D eigenvalue weighted by molar-refractivity contribution is 0.457. The van der Waals surface area contributed by atoms with Gasteiger partial charge in [0.15, 0.2) is 11.2 Å². The van der Waals surface area contributed by atoms with Crippen LogP contribution in [0.5, 0.6) is 0 Å². The summed E-state index contributed by atoms with van der Waals surface area (Å²) in [5, 5.41) is 12.4. The van der Waals surface area contributed by atoms with Gasteiger partial charge in [0.1, 0.15) is 5.82 Å². The summed E-state index contributed by atoms with van der Waals surface area (Å²) in [5.41, 5.74) is 0.358. The zero-order chi connectivity index (χ0) is 22.7. The first-order valence-corrected chi connectivity index (χ1v) is 10.8. The molecule has 0 saturated heterocycles. The van der Waals surface area contributed by atoms with Gasteiger partial charge in [-0.2, -0.15) is 9.78 Å². The van der Waals surface area contributed by atoms with E-state index in [0.717, 1.165) is 12.8 Å². The van der Waals surface area contributed by atoms with Crippen LogP contribution in [0.3, 0.4) is 0 Å². The standard InChI is InChI=1S/C20H22ClFN8O2/c1-2-3-10-28-17-15(23-19(21)24-17)18(31)29(20(28)32)11-4-5-12-30-26-16(25-27-30)13-6-8-14(22)9-7-13/h6-9H,2-5,10-12H2,1H3,(H,23,24). The van der Waals surface area contributed by atoms with E-state index in [9.17, 15) is 14.0 Å². The molecule has 4 rings (SSSR count). The average Bonchev–Trinajstić information content (AvgIpc) is 3.40. The molecule has 10 nitrogen and oxygen atoms in total. The van der Waals surface area contributed by atoms with Crippen LogP contribution in [-0.2, 0) is 19.6 Å². The zero-order valence-corrected chi connectivity index (χ0v) is 18.2. The molecule has 0 aliphatic rings. The normalized spacial score (nSPS) is 11.5. The van der Waals surface area contributed by atoms with Crippen LogP contribution in [-0.4, -0.2) is 39.3 Å². The number of hydrogen-bond donors (Lipinski definition) is 1. The summed E-state index contributed by atoms with van der Waals surface area (Å²) in [6.07, 6.45) is 2.87. The summed E-state index contributed by atoms with van der Waals surface area (Å²) < 4.78 is 15.8. The number of rotatable bonds is 9. The van der Waals surface area contributed by atoms with E-state index in [1.165, 1.54) is 26.1 Å². The molecule has 0 atom stereocenters. The highest BCUT2D eigenvalue weighted by Gasteiger charge is 2.16. The number of nitrogens with one attached hydrogen (secondary N) is 1. The van der Waals surface area contributed by atoms with E-state index in [0.29, 0.717) is 37.3 Å². The molecule has 3 heterocycles. The summed E-state index contributed by atoms with van der Waals surface area (Å²) in [4.78, 5) is 34.0. The van der Waals surface area contributed by atoms with Crippen molar-refractivity contribution in [2.45, 2.75) is 52.2 Å². The Labute approximate surface area is 186 Å². The molecule has 0 bridgehead atoms. The van der Waals surface area contributed by atoms with Crippen LogP contribution in [0.4, 0.5) is 4.39 Å². The van der Waals surface area contributed by atoms with E-state index in [1.807, 2.05) is 6.92 Å². The van der Waals surface area contributed by atoms with Crippen molar-refractivity contribution in [1.82, 2.24) is 39.3 Å². The number of hydrogen-bond acceptors (Lipinski definition) is 6. The molecule has 0 saturated carbocycles. The van der Waals surface area contributed by atoms with E-state index < -0.39 is 11.2 Å². The summed E-state index contributed by atoms with van der Waals surface area (Å²) in [7, 11) is 0. The summed E-state index contributed by atoms with van der Waals surface area (Å²) in [5.74, 6) is 0.0716. The number of H-pyrrole nitrogens is 1. The number of nitrogens with zero attached hydrogens (tertiary/aromatic N) is 7. The van der Waals surface area contributed by atoms with Crippen molar-refractivity contribution < 1.29 is 4.39 Å². The van der Waals surface area contributed by atoms with Gasteiger partial charge in [0, 0.05) is 18.7 Å². The van der Waals surface area contributed by atoms with Crippen molar-refractivity contribution in [1.29, 1.82) is 0 Å². The molecular formula is C20H22ClFN8O2. The maximum atomic E-state index is 13.1. The fourth-order valence-corrected chi connectivity index (χ4v) is 3.60. The first kappa shape index (κ1) is 21.9. The van der Waals surface area contributed by atoms with Gasteiger partial charge in [0.25, 0.3) is 5.56 Å². The van der Waals surface area contributed by atoms with Crippen molar-refractivity contribution in [3.05, 3.63) is 56.2 Å². The molecule has 1 N–H and O–H groups in total. The lowest BCUT2D eigenvalue weighted by atomic mass is 10.2. The van der Waals surface area contributed by atoms with Gasteiger partial charge in [0.2, 0.25) is 11.1 Å². The third kappa shape index (κ3) is 4.47. The van der Waals surface area contributed by atoms with Crippen LogP contribution in [0, 0.1) is 5.82 Å². The number of tetrazole rings is 1. The Morgan fingerprint density at radius 2 is 1.75 bits per heavy atom. The number of unbranched alkanes of at least 4 members (excludes halogenated alkanes) is 2. The van der Waals surface area contributed by atoms with Crippen molar-refractivity contribution in [3.8, 4) is 11.4 Å². The SMILES string of the molecule is CCCCn1c(=O)n(CCCCn2nnc(-c3ccc(F)cc3)n2)c(=O)c2[nH]c(Cl)nc21. The Bertz CT molecular complexity index is 1340. The van der Waals surface area contributed by atoms with Crippen LogP contribution in [0.25, 0.3) is 22.6 Å². The fraction of sp³-hybridized carbons (Fsp3) is 0.400. The minimum atomic E-state index is -0.436. The third-order valence-electron chi connectivity index (χ3n) is 5.11. The summed E-state index contributed by atoms with van der Waals surface area (Å²) >= 11 is 5.94. The minimum absolute atomic E-state index is 0.0775. The topological polar surface area (TPSA) is 116 Å². The van der Waals surface area contributed by atoms with Crippen molar-refractivity contribution in [2.24, 2.45) is 0 Å². The van der Waals surface area contributed by atoms with E-state index >= 15 is 0 Å². The van der Waals surface area contributed by atoms with Gasteiger partial charge in [-0.15, -0.1) is 10.2 Å². The fourth-order valence-electron chi connectivity index (χ4n) is 3.43. The summed E-state index contributed by atoms with van der Waals surface area (Å²) in [6, 6.07) is 5.85. The maximum absolute atomic E-state index is 13.1. The first-order valence-electron chi connectivity index (χ1n) is 10.4. The predicted octanol–water partition coefficient (Wildman–Crippen LogP) is 2.61. The highest BCUT2D eigenvalue weighted by molar-refractivity contribution is 6.28. The molecule has 32 heavy (non-hydrogen) atoms. The molecule has 0 unspecified atom stereocenters. The maximum Gasteiger partial charge on any atom is 0.332 e. The Morgan fingerprint density at radius 3 is 2.50 bits per heavy atom. The highest BCUT2D eigenvalue weighted by Crippen LogP contribution is 2.14. The molecule has 4 aromatic rings. The molecule has 0 aliphatic heterocycles. The lowest BCUT2D eigenvalue weighted by Crippen LogP contribution is -2.40. The molecule has 12 heteroatoms. The number of aromatic nitrogens is 8. The number of fused-ring (bicyclic) bond motifs is 1. The van der Waals surface area contributed by atoms with E-state index in [-0.39, 0.29) is 28.8 Å². The van der Waals surface area contributed by atoms with Gasteiger partial charge in [-0.3, -0.25) is 13.9 Å². The van der Waals surface area contributed by atoms with Gasteiger partial charge in [-0.1, -0.05) is 13.3 Å². The van der Waals surface area contributed by atoms with Crippen molar-refractivity contribution in [3.63, 3.8) is 0 Å². The number of benzene rings is 1. The smallest absolute Gasteiger partial charge is 0.323 e. The van der Waals surface area contributed by atoms with Crippen LogP contribution in [0.15, 0.2) is 33.9 Å². The molecular weight excluding hydrogens is 439 g/mol. The van der Waals surface area contributed by atoms with Crippen molar-refractivity contribution in [2.75, 3.05) is 0 Å². The monoisotopic (exact) mass is 460 g/mol. The average molecular weight is 461 g/mol. The van der Waals surface area contributed by atoms with Crippen LogP contribution >= 0.6 is 11.6 Å². The van der Waals surface area contributed by atoms with Crippen LogP contribution < -0.4 is 11.2 Å². The van der Waals surface area contributed by atoms with Crippen LogP contribution in [0.2, 0.25) is 5.28 Å². The largest absolute Gasteiger partial charge is 0.332 e. The van der Waals surface area contributed by atoms with E-state index in [4.69, 9.17) is 11.6 Å². The second-order valence-corrected chi connectivity index (χ2v) is 7.75. The van der Waals surface area contributed by atoms with Gasteiger partial charge >= 0.3 is 5.69 Å². The third-order valence-corrected chi connectivity index (χ3v) is 5.29. The minimum Gasteiger partial charge on any atom is -0.323 e. The molecule has 3 aromatic heterocycles. The number of aromatic amines is 1. The molecule has 0 spiro atoms. The Balaban J connectivity index is 1.45. The molecule has 0 amide bonds. The molecule has 0 aliphatic carbocycles. The van der Waals surface area contributed by atoms with Gasteiger partial charge in [-0.25, -0.2) is 9.18 Å². The quantitative estimate of drug-likeness (QED) is 0.303. The Morgan fingerprint density at radius 1 is 1.03 bits per heavy atom. The van der Waals surface area contributed by atoms with Gasteiger partial charge < -0.3 is 4.98 Å². The van der Waals surface area contributed by atoms with Gasteiger partial charge in [-0.05, 0) is 60.3 Å². The first-order chi connectivity index (χ1) is 15.5. The van der Waals surface area contributed by atoms with E-state index in [2.05, 4.69) is 25.4 Å². The molecule has 0 radical (unpaired) electrons. The highest BCUT2D eigenvalue weighted by atomic mass is 35.5. The predicted molar refractivity (Wildman–Crippen MR) is 117 cm³/mol. The second kappa shape index (κ2) is 9.43. The summed E-state index contributed by atoms with van der Waals surface area (Å²) in [6.45, 7) is 3.19. The molecule has 1 aromatic carbocycles. The van der Waals surface area contributed by atoms with Crippen molar-refractivity contribution >= 4 is 22.8 Å². The second-order valence-electron chi connectivity index (χ2n) is 7.39. The Hall–Kier alpha value is -3.34. The molecule has 0 fully saturated rings. The van der Waals surface area contributed by atoms with Gasteiger partial charge in [0.05, 0.1) is 6.54 Å². The number of aryl methyl sites for hydroxylation is 2. The zero-order valence-electron chi connectivity index (χ0n) is 17.5. The van der Waals surface area contributed by atoms with Crippen LogP contribution in [0.1, 0.15) is 32.6 Å². The molecule has 168 valence electrons. The number of imidazole rings is 1.